The Kier molecular flexibility index (Phi) is 6.72. The van der Waals surface area contributed by atoms with Crippen molar-refractivity contribution in [1.82, 2.24) is 0 Å². The first-order valence-corrected chi connectivity index (χ1v) is 8.35. The van der Waals surface area contributed by atoms with Crippen LogP contribution < -0.4 is 4.74 Å². The fraction of sp³-hybridized carbons (Fsp3) is 0.600. The van der Waals surface area contributed by atoms with Crippen LogP contribution in [0.1, 0.15) is 39.2 Å². The van der Waals surface area contributed by atoms with E-state index in [-0.39, 0.29) is 0 Å². The van der Waals surface area contributed by atoms with E-state index in [0.29, 0.717) is 17.8 Å². The zero-order chi connectivity index (χ0) is 13.7. The highest BCUT2D eigenvalue weighted by Gasteiger charge is 2.15. The van der Waals surface area contributed by atoms with E-state index in [1.54, 1.807) is 0 Å². The number of alkyl halides is 1. The molecule has 0 radical (unpaired) electrons. The number of halogens is 2. The zero-order valence-electron chi connectivity index (χ0n) is 11.5. The van der Waals surface area contributed by atoms with Crippen LogP contribution in [0.4, 0.5) is 0 Å². The molecule has 0 aliphatic heterocycles. The predicted molar refractivity (Wildman–Crippen MR) is 85.8 cm³/mol. The quantitative estimate of drug-likeness (QED) is 0.584. The monoisotopic (exact) mass is 376 g/mol. The lowest BCUT2D eigenvalue weighted by atomic mass is 9.99. The molecule has 1 aromatic rings. The molecule has 0 spiro atoms. The van der Waals surface area contributed by atoms with Crippen molar-refractivity contribution in [2.45, 2.75) is 33.6 Å². The molecular weight excluding hydrogens is 356 g/mol. The maximum atomic E-state index is 6.02. The van der Waals surface area contributed by atoms with Gasteiger partial charge in [-0.3, -0.25) is 0 Å². The largest absolute Gasteiger partial charge is 0.493 e. The first-order chi connectivity index (χ1) is 8.45. The summed E-state index contributed by atoms with van der Waals surface area (Å²) in [6, 6.07) is 6.25. The van der Waals surface area contributed by atoms with E-state index in [9.17, 15) is 0 Å². The summed E-state index contributed by atoms with van der Waals surface area (Å²) >= 11 is 7.08. The molecule has 0 saturated carbocycles. The first kappa shape index (κ1) is 16.0. The van der Waals surface area contributed by atoms with Gasteiger partial charge in [-0.25, -0.2) is 0 Å². The van der Waals surface area contributed by atoms with Crippen molar-refractivity contribution in [3.05, 3.63) is 28.2 Å². The van der Waals surface area contributed by atoms with Gasteiger partial charge in [-0.05, 0) is 35.6 Å². The number of benzene rings is 1. The molecule has 1 unspecified atom stereocenters. The molecule has 1 atom stereocenters. The second kappa shape index (κ2) is 7.54. The van der Waals surface area contributed by atoms with Crippen LogP contribution in [0.2, 0.25) is 0 Å². The predicted octanol–water partition coefficient (Wildman–Crippen LogP) is 5.62. The molecule has 1 rings (SSSR count). The third-order valence-corrected chi connectivity index (χ3v) is 4.51. The summed E-state index contributed by atoms with van der Waals surface area (Å²) < 4.78 is 7.13. The Morgan fingerprint density at radius 1 is 1.17 bits per heavy atom. The highest BCUT2D eigenvalue weighted by Crippen LogP contribution is 2.30. The molecule has 1 aromatic carbocycles. The van der Waals surface area contributed by atoms with E-state index in [2.05, 4.69) is 71.7 Å². The summed E-state index contributed by atoms with van der Waals surface area (Å²) in [6.07, 6.45) is 0. The van der Waals surface area contributed by atoms with E-state index in [1.165, 1.54) is 5.56 Å². The van der Waals surface area contributed by atoms with Crippen molar-refractivity contribution in [1.29, 1.82) is 0 Å². The Balaban J connectivity index is 2.78. The van der Waals surface area contributed by atoms with Crippen LogP contribution in [-0.2, 0) is 0 Å². The van der Waals surface area contributed by atoms with Gasteiger partial charge < -0.3 is 4.74 Å². The number of rotatable bonds is 6. The lowest BCUT2D eigenvalue weighted by Gasteiger charge is -2.21. The van der Waals surface area contributed by atoms with Crippen LogP contribution in [0.3, 0.4) is 0 Å². The third kappa shape index (κ3) is 4.58. The minimum Gasteiger partial charge on any atom is -0.493 e. The summed E-state index contributed by atoms with van der Waals surface area (Å²) in [4.78, 5) is 0. The van der Waals surface area contributed by atoms with E-state index >= 15 is 0 Å². The van der Waals surface area contributed by atoms with Gasteiger partial charge in [-0.2, -0.15) is 0 Å². The third-order valence-electron chi connectivity index (χ3n) is 3.19. The second-order valence-corrected chi connectivity index (χ2v) is 6.87. The van der Waals surface area contributed by atoms with Gasteiger partial charge in [0.15, 0.2) is 0 Å². The SMILES string of the molecule is CC(C)c1cc(Br)ccc1OCC(CBr)C(C)C. The van der Waals surface area contributed by atoms with Gasteiger partial charge >= 0.3 is 0 Å². The Morgan fingerprint density at radius 3 is 2.33 bits per heavy atom. The van der Waals surface area contributed by atoms with E-state index < -0.39 is 0 Å². The summed E-state index contributed by atoms with van der Waals surface area (Å²) in [7, 11) is 0. The van der Waals surface area contributed by atoms with E-state index in [4.69, 9.17) is 4.74 Å². The lowest BCUT2D eigenvalue weighted by molar-refractivity contribution is 0.225. The smallest absolute Gasteiger partial charge is 0.122 e. The maximum absolute atomic E-state index is 6.02. The molecule has 18 heavy (non-hydrogen) atoms. The van der Waals surface area contributed by atoms with Crippen LogP contribution in [0.15, 0.2) is 22.7 Å². The number of ether oxygens (including phenoxy) is 1. The highest BCUT2D eigenvalue weighted by molar-refractivity contribution is 9.10. The molecule has 102 valence electrons. The average molecular weight is 378 g/mol. The van der Waals surface area contributed by atoms with Gasteiger partial charge in [0.05, 0.1) is 6.61 Å². The second-order valence-electron chi connectivity index (χ2n) is 5.31. The van der Waals surface area contributed by atoms with Crippen LogP contribution in [0.25, 0.3) is 0 Å². The molecular formula is C15H22Br2O. The lowest BCUT2D eigenvalue weighted by Crippen LogP contribution is -2.19. The van der Waals surface area contributed by atoms with Crippen LogP contribution >= 0.6 is 31.9 Å². The van der Waals surface area contributed by atoms with Gasteiger partial charge in [0.25, 0.3) is 0 Å². The topological polar surface area (TPSA) is 9.23 Å². The van der Waals surface area contributed by atoms with Crippen molar-refractivity contribution in [2.75, 3.05) is 11.9 Å². The molecule has 0 N–H and O–H groups in total. The van der Waals surface area contributed by atoms with E-state index in [1.807, 2.05) is 6.07 Å². The van der Waals surface area contributed by atoms with Gasteiger partial charge in [0, 0.05) is 15.7 Å². The standard InChI is InChI=1S/C15H22Br2O/c1-10(2)12(8-16)9-18-15-6-5-13(17)7-14(15)11(3)4/h5-7,10-12H,8-9H2,1-4H3. The Bertz CT molecular complexity index is 375. The number of hydrogen-bond donors (Lipinski definition) is 0. The van der Waals surface area contributed by atoms with Crippen molar-refractivity contribution < 1.29 is 4.74 Å². The van der Waals surface area contributed by atoms with Crippen molar-refractivity contribution >= 4 is 31.9 Å². The van der Waals surface area contributed by atoms with Gasteiger partial charge in [0.1, 0.15) is 5.75 Å². The zero-order valence-corrected chi connectivity index (χ0v) is 14.7. The minimum atomic E-state index is 0.471. The molecule has 3 heteroatoms. The molecule has 0 aromatic heterocycles. The van der Waals surface area contributed by atoms with Crippen LogP contribution in [0, 0.1) is 11.8 Å². The van der Waals surface area contributed by atoms with Crippen molar-refractivity contribution in [3.63, 3.8) is 0 Å². The maximum Gasteiger partial charge on any atom is 0.122 e. The summed E-state index contributed by atoms with van der Waals surface area (Å²) in [6.45, 7) is 9.63. The molecule has 0 fully saturated rings. The summed E-state index contributed by atoms with van der Waals surface area (Å²) in [5, 5.41) is 0.984. The number of hydrogen-bond acceptors (Lipinski definition) is 1. The Hall–Kier alpha value is -0.0200. The normalized spacial score (nSPS) is 13.1. The molecule has 0 amide bonds. The van der Waals surface area contributed by atoms with Gasteiger partial charge in [-0.15, -0.1) is 0 Å². The van der Waals surface area contributed by atoms with Gasteiger partial charge in [0.2, 0.25) is 0 Å². The van der Waals surface area contributed by atoms with Crippen LogP contribution in [0.5, 0.6) is 5.75 Å². The fourth-order valence-electron chi connectivity index (χ4n) is 1.71. The Morgan fingerprint density at radius 2 is 1.83 bits per heavy atom. The average Bonchev–Trinajstić information content (AvgIpc) is 2.30. The van der Waals surface area contributed by atoms with Crippen LogP contribution in [-0.4, -0.2) is 11.9 Å². The molecule has 0 bridgehead atoms. The highest BCUT2D eigenvalue weighted by atomic mass is 79.9. The minimum absolute atomic E-state index is 0.471. The fourth-order valence-corrected chi connectivity index (χ4v) is 3.03. The van der Waals surface area contributed by atoms with Crippen molar-refractivity contribution in [2.24, 2.45) is 11.8 Å². The summed E-state index contributed by atoms with van der Waals surface area (Å²) in [5.74, 6) is 2.66. The van der Waals surface area contributed by atoms with Crippen molar-refractivity contribution in [3.8, 4) is 5.75 Å². The molecule has 0 aliphatic carbocycles. The molecule has 1 nitrogen and oxygen atoms in total. The van der Waals surface area contributed by atoms with E-state index in [0.717, 1.165) is 22.2 Å². The first-order valence-electron chi connectivity index (χ1n) is 6.43. The molecule has 0 heterocycles. The van der Waals surface area contributed by atoms with Gasteiger partial charge in [-0.1, -0.05) is 59.6 Å². The molecule has 0 aliphatic rings. The summed E-state index contributed by atoms with van der Waals surface area (Å²) in [5.41, 5.74) is 1.27. The Labute approximate surface area is 128 Å². The molecule has 0 saturated heterocycles.